The zero-order valence-electron chi connectivity index (χ0n) is 12.8. The van der Waals surface area contributed by atoms with Gasteiger partial charge < -0.3 is 10.2 Å². The summed E-state index contributed by atoms with van der Waals surface area (Å²) in [6, 6.07) is 10.9. The number of aliphatic imine (C=N–C) groups is 1. The average Bonchev–Trinajstić information content (AvgIpc) is 3.06. The Bertz CT molecular complexity index is 454. The summed E-state index contributed by atoms with van der Waals surface area (Å²) in [5.41, 5.74) is 1.49. The largest absolute Gasteiger partial charge is 0.357 e. The molecule has 1 N–H and O–H groups in total. The van der Waals surface area contributed by atoms with E-state index in [2.05, 4.69) is 47.5 Å². The second-order valence-corrected chi connectivity index (χ2v) is 5.90. The molecule has 116 valence electrons. The number of likely N-dealkylation sites (tertiary alicyclic amines) is 1. The van der Waals surface area contributed by atoms with Crippen molar-refractivity contribution in [3.63, 3.8) is 0 Å². The minimum atomic E-state index is 0. The van der Waals surface area contributed by atoms with Crippen LogP contribution in [-0.2, 0) is 0 Å². The molecule has 2 atom stereocenters. The van der Waals surface area contributed by atoms with Crippen molar-refractivity contribution in [2.45, 2.75) is 32.1 Å². The van der Waals surface area contributed by atoms with Crippen LogP contribution in [0.2, 0.25) is 0 Å². The van der Waals surface area contributed by atoms with Crippen molar-refractivity contribution in [3.05, 3.63) is 35.9 Å². The molecule has 1 heterocycles. The Hall–Kier alpha value is -0.780. The Morgan fingerprint density at radius 1 is 1.24 bits per heavy atom. The minimum Gasteiger partial charge on any atom is -0.357 e. The molecule has 0 radical (unpaired) electrons. The molecule has 0 aromatic heterocycles. The van der Waals surface area contributed by atoms with E-state index < -0.39 is 0 Å². The van der Waals surface area contributed by atoms with Crippen molar-refractivity contribution in [2.75, 3.05) is 26.2 Å². The summed E-state index contributed by atoms with van der Waals surface area (Å²) in [6.07, 6.45) is 3.91. The Morgan fingerprint density at radius 3 is 2.62 bits per heavy atom. The van der Waals surface area contributed by atoms with E-state index in [0.29, 0.717) is 0 Å². The summed E-state index contributed by atoms with van der Waals surface area (Å²) in [5, 5.41) is 3.44. The number of hydrogen-bond acceptors (Lipinski definition) is 1. The molecule has 2 unspecified atom stereocenters. The van der Waals surface area contributed by atoms with E-state index in [-0.39, 0.29) is 24.0 Å². The van der Waals surface area contributed by atoms with Gasteiger partial charge in [0, 0.05) is 26.2 Å². The third kappa shape index (κ3) is 4.34. The smallest absolute Gasteiger partial charge is 0.193 e. The van der Waals surface area contributed by atoms with Gasteiger partial charge in [0.25, 0.3) is 0 Å². The van der Waals surface area contributed by atoms with E-state index in [0.717, 1.165) is 30.9 Å². The van der Waals surface area contributed by atoms with Crippen LogP contribution >= 0.6 is 24.0 Å². The molecule has 0 bridgehead atoms. The summed E-state index contributed by atoms with van der Waals surface area (Å²) >= 11 is 0. The van der Waals surface area contributed by atoms with E-state index >= 15 is 0 Å². The van der Waals surface area contributed by atoms with E-state index in [4.69, 9.17) is 4.99 Å². The van der Waals surface area contributed by atoms with Crippen LogP contribution in [0.5, 0.6) is 0 Å². The highest BCUT2D eigenvalue weighted by Crippen LogP contribution is 2.47. The van der Waals surface area contributed by atoms with Crippen molar-refractivity contribution >= 4 is 29.9 Å². The lowest BCUT2D eigenvalue weighted by molar-refractivity contribution is 0.492. The Balaban J connectivity index is 0.00000161. The molecule has 2 fully saturated rings. The zero-order chi connectivity index (χ0) is 13.8. The fourth-order valence-corrected chi connectivity index (χ4v) is 3.12. The fraction of sp³-hybridized carbons (Fsp3) is 0.588. The molecule has 1 saturated heterocycles. The van der Waals surface area contributed by atoms with Crippen molar-refractivity contribution in [3.8, 4) is 0 Å². The maximum absolute atomic E-state index is 4.86. The first kappa shape index (κ1) is 16.6. The number of hydrogen-bond donors (Lipinski definition) is 1. The van der Waals surface area contributed by atoms with Gasteiger partial charge >= 0.3 is 0 Å². The first-order valence-corrected chi connectivity index (χ1v) is 7.96. The van der Waals surface area contributed by atoms with Gasteiger partial charge in [0.1, 0.15) is 0 Å². The van der Waals surface area contributed by atoms with Gasteiger partial charge in [-0.3, -0.25) is 4.99 Å². The second kappa shape index (κ2) is 8.01. The van der Waals surface area contributed by atoms with Crippen LogP contribution in [0.1, 0.15) is 37.7 Å². The number of nitrogens with one attached hydrogen (secondary N) is 1. The van der Waals surface area contributed by atoms with Gasteiger partial charge in [-0.25, -0.2) is 0 Å². The van der Waals surface area contributed by atoms with E-state index in [1.165, 1.54) is 37.9 Å². The van der Waals surface area contributed by atoms with Crippen molar-refractivity contribution in [1.29, 1.82) is 0 Å². The number of benzene rings is 1. The minimum absolute atomic E-state index is 0. The number of nitrogens with zero attached hydrogens (tertiary/aromatic N) is 2. The molecule has 1 aromatic rings. The molecule has 2 aliphatic rings. The monoisotopic (exact) mass is 399 g/mol. The summed E-state index contributed by atoms with van der Waals surface area (Å²) in [6.45, 7) is 6.41. The van der Waals surface area contributed by atoms with Crippen LogP contribution in [0.25, 0.3) is 0 Å². The molecular formula is C17H26IN3. The molecular weight excluding hydrogens is 373 g/mol. The molecule has 0 amide bonds. The van der Waals surface area contributed by atoms with E-state index in [9.17, 15) is 0 Å². The van der Waals surface area contributed by atoms with Crippen LogP contribution in [0.15, 0.2) is 35.3 Å². The molecule has 1 saturated carbocycles. The molecule has 21 heavy (non-hydrogen) atoms. The zero-order valence-corrected chi connectivity index (χ0v) is 15.1. The second-order valence-electron chi connectivity index (χ2n) is 5.90. The average molecular weight is 399 g/mol. The topological polar surface area (TPSA) is 27.6 Å². The summed E-state index contributed by atoms with van der Waals surface area (Å²) in [5.74, 6) is 2.61. The quantitative estimate of drug-likeness (QED) is 0.477. The van der Waals surface area contributed by atoms with Crippen molar-refractivity contribution < 1.29 is 0 Å². The third-order valence-electron chi connectivity index (χ3n) is 4.37. The number of rotatable bonds is 4. The van der Waals surface area contributed by atoms with Gasteiger partial charge in [0.2, 0.25) is 0 Å². The molecule has 1 aliphatic heterocycles. The Morgan fingerprint density at radius 2 is 1.95 bits per heavy atom. The summed E-state index contributed by atoms with van der Waals surface area (Å²) in [7, 11) is 0. The van der Waals surface area contributed by atoms with Crippen LogP contribution in [-0.4, -0.2) is 37.0 Å². The SMILES string of the molecule is CCNC(=NCC1CC1c1ccccc1)N1CCCC1.I. The number of halogens is 1. The fourth-order valence-electron chi connectivity index (χ4n) is 3.12. The van der Waals surface area contributed by atoms with Crippen LogP contribution in [0.3, 0.4) is 0 Å². The van der Waals surface area contributed by atoms with Crippen LogP contribution < -0.4 is 5.32 Å². The summed E-state index contributed by atoms with van der Waals surface area (Å²) in [4.78, 5) is 7.27. The van der Waals surface area contributed by atoms with Gasteiger partial charge in [0.05, 0.1) is 0 Å². The van der Waals surface area contributed by atoms with Crippen molar-refractivity contribution in [1.82, 2.24) is 10.2 Å². The molecule has 3 rings (SSSR count). The first-order valence-electron chi connectivity index (χ1n) is 7.96. The maximum Gasteiger partial charge on any atom is 0.193 e. The number of guanidine groups is 1. The maximum atomic E-state index is 4.86. The first-order chi connectivity index (χ1) is 9.88. The van der Waals surface area contributed by atoms with Crippen LogP contribution in [0.4, 0.5) is 0 Å². The van der Waals surface area contributed by atoms with Crippen LogP contribution in [0, 0.1) is 5.92 Å². The molecule has 0 spiro atoms. The lowest BCUT2D eigenvalue weighted by Crippen LogP contribution is -2.39. The van der Waals surface area contributed by atoms with Gasteiger partial charge in [0.15, 0.2) is 5.96 Å². The van der Waals surface area contributed by atoms with Gasteiger partial charge in [-0.2, -0.15) is 0 Å². The Labute approximate surface area is 145 Å². The highest BCUT2D eigenvalue weighted by Gasteiger charge is 2.37. The molecule has 1 aliphatic carbocycles. The highest BCUT2D eigenvalue weighted by molar-refractivity contribution is 14.0. The lowest BCUT2D eigenvalue weighted by Gasteiger charge is -2.20. The molecule has 1 aromatic carbocycles. The predicted molar refractivity (Wildman–Crippen MR) is 99.5 cm³/mol. The lowest BCUT2D eigenvalue weighted by atomic mass is 10.1. The van der Waals surface area contributed by atoms with E-state index in [1.807, 2.05) is 0 Å². The predicted octanol–water partition coefficient (Wildman–Crippen LogP) is 3.47. The normalized spacial score (nSPS) is 24.6. The van der Waals surface area contributed by atoms with Gasteiger partial charge in [-0.1, -0.05) is 30.3 Å². The molecule has 4 heteroatoms. The standard InChI is InChI=1S/C17H25N3.HI/c1-2-18-17(20-10-6-7-11-20)19-13-15-12-16(15)14-8-4-3-5-9-14;/h3-5,8-9,15-16H,2,6-7,10-13H2,1H3,(H,18,19);1H. The highest BCUT2D eigenvalue weighted by atomic mass is 127. The van der Waals surface area contributed by atoms with Gasteiger partial charge in [-0.15, -0.1) is 24.0 Å². The molecule has 3 nitrogen and oxygen atoms in total. The van der Waals surface area contributed by atoms with Crippen molar-refractivity contribution in [2.24, 2.45) is 10.9 Å². The van der Waals surface area contributed by atoms with E-state index in [1.54, 1.807) is 0 Å². The Kier molecular flexibility index (Phi) is 6.33. The third-order valence-corrected chi connectivity index (χ3v) is 4.37. The van der Waals surface area contributed by atoms with Gasteiger partial charge in [-0.05, 0) is 43.6 Å². The summed E-state index contributed by atoms with van der Waals surface area (Å²) < 4.78 is 0.